The lowest BCUT2D eigenvalue weighted by molar-refractivity contribution is 0.238. The number of aromatic nitrogens is 4. The molecule has 0 aromatic carbocycles. The molecule has 25 heavy (non-hydrogen) atoms. The van der Waals surface area contributed by atoms with Gasteiger partial charge < -0.3 is 9.42 Å². The normalized spacial score (nSPS) is 20.1. The third-order valence-electron chi connectivity index (χ3n) is 5.26. The molecule has 0 amide bonds. The van der Waals surface area contributed by atoms with Gasteiger partial charge in [0.25, 0.3) is 0 Å². The first-order valence-corrected chi connectivity index (χ1v) is 9.37. The van der Waals surface area contributed by atoms with Crippen LogP contribution in [-0.2, 0) is 6.54 Å². The average Bonchev–Trinajstić information content (AvgIpc) is 3.12. The van der Waals surface area contributed by atoms with E-state index in [1.807, 2.05) is 19.2 Å². The van der Waals surface area contributed by atoms with Gasteiger partial charge in [-0.3, -0.25) is 4.90 Å². The van der Waals surface area contributed by atoms with Crippen LogP contribution < -0.4 is 4.90 Å². The van der Waals surface area contributed by atoms with Crippen LogP contribution in [0.4, 0.5) is 5.82 Å². The second-order valence-electron chi connectivity index (χ2n) is 7.11. The monoisotopic (exact) mass is 342 g/mol. The Kier molecular flexibility index (Phi) is 4.92. The van der Waals surface area contributed by atoms with Crippen LogP contribution in [0.2, 0.25) is 0 Å². The SMILES string of the molecule is Cc1nccc(N2CCN(Cc3noc(C4CCCCC4)n3)CC2)n1. The van der Waals surface area contributed by atoms with Crippen molar-refractivity contribution < 1.29 is 4.52 Å². The molecule has 0 bridgehead atoms. The average molecular weight is 342 g/mol. The van der Waals surface area contributed by atoms with Crippen molar-refractivity contribution in [3.63, 3.8) is 0 Å². The molecule has 4 rings (SSSR count). The lowest BCUT2D eigenvalue weighted by Crippen LogP contribution is -2.46. The highest BCUT2D eigenvalue weighted by molar-refractivity contribution is 5.37. The number of hydrogen-bond donors (Lipinski definition) is 0. The van der Waals surface area contributed by atoms with Crippen molar-refractivity contribution in [2.24, 2.45) is 0 Å². The van der Waals surface area contributed by atoms with Gasteiger partial charge in [0.2, 0.25) is 5.89 Å². The topological polar surface area (TPSA) is 71.2 Å². The summed E-state index contributed by atoms with van der Waals surface area (Å²) in [4.78, 5) is 18.1. The van der Waals surface area contributed by atoms with Gasteiger partial charge in [0.05, 0.1) is 6.54 Å². The molecular weight excluding hydrogens is 316 g/mol. The van der Waals surface area contributed by atoms with E-state index >= 15 is 0 Å². The summed E-state index contributed by atoms with van der Waals surface area (Å²) in [5, 5.41) is 4.21. The molecular formula is C18H26N6O. The number of nitrogens with zero attached hydrogens (tertiary/aromatic N) is 6. The summed E-state index contributed by atoms with van der Waals surface area (Å²) in [5.41, 5.74) is 0. The molecule has 2 aromatic heterocycles. The fraction of sp³-hybridized carbons (Fsp3) is 0.667. The molecule has 0 spiro atoms. The summed E-state index contributed by atoms with van der Waals surface area (Å²) in [6, 6.07) is 1.98. The van der Waals surface area contributed by atoms with E-state index in [4.69, 9.17) is 4.52 Å². The van der Waals surface area contributed by atoms with Crippen molar-refractivity contribution in [2.45, 2.75) is 51.5 Å². The van der Waals surface area contributed by atoms with E-state index in [0.29, 0.717) is 5.92 Å². The van der Waals surface area contributed by atoms with Crippen molar-refractivity contribution in [2.75, 3.05) is 31.1 Å². The van der Waals surface area contributed by atoms with Gasteiger partial charge in [0, 0.05) is 38.3 Å². The van der Waals surface area contributed by atoms with Crippen molar-refractivity contribution in [1.82, 2.24) is 25.0 Å². The predicted octanol–water partition coefficient (Wildman–Crippen LogP) is 2.54. The molecule has 1 aliphatic heterocycles. The predicted molar refractivity (Wildman–Crippen MR) is 94.4 cm³/mol. The molecule has 134 valence electrons. The summed E-state index contributed by atoms with van der Waals surface area (Å²) in [7, 11) is 0. The first-order chi connectivity index (χ1) is 12.3. The molecule has 0 unspecified atom stereocenters. The van der Waals surface area contributed by atoms with Gasteiger partial charge in [-0.15, -0.1) is 0 Å². The van der Waals surface area contributed by atoms with Crippen LogP contribution in [-0.4, -0.2) is 51.2 Å². The summed E-state index contributed by atoms with van der Waals surface area (Å²) in [6.07, 6.45) is 8.13. The molecule has 0 N–H and O–H groups in total. The smallest absolute Gasteiger partial charge is 0.229 e. The van der Waals surface area contributed by atoms with Gasteiger partial charge in [-0.1, -0.05) is 24.4 Å². The molecule has 7 heteroatoms. The molecule has 7 nitrogen and oxygen atoms in total. The third kappa shape index (κ3) is 3.98. The maximum Gasteiger partial charge on any atom is 0.229 e. The summed E-state index contributed by atoms with van der Waals surface area (Å²) < 4.78 is 5.53. The highest BCUT2D eigenvalue weighted by Crippen LogP contribution is 2.31. The Morgan fingerprint density at radius 3 is 2.64 bits per heavy atom. The van der Waals surface area contributed by atoms with Crippen LogP contribution in [0.5, 0.6) is 0 Å². The second kappa shape index (κ2) is 7.47. The van der Waals surface area contributed by atoms with E-state index in [0.717, 1.165) is 56.1 Å². The zero-order valence-electron chi connectivity index (χ0n) is 14.9. The molecule has 2 fully saturated rings. The van der Waals surface area contributed by atoms with E-state index in [-0.39, 0.29) is 0 Å². The van der Waals surface area contributed by atoms with E-state index in [2.05, 4.69) is 29.9 Å². The van der Waals surface area contributed by atoms with Crippen molar-refractivity contribution in [1.29, 1.82) is 0 Å². The Morgan fingerprint density at radius 1 is 1.08 bits per heavy atom. The highest BCUT2D eigenvalue weighted by atomic mass is 16.5. The minimum Gasteiger partial charge on any atom is -0.354 e. The van der Waals surface area contributed by atoms with Crippen LogP contribution in [0.25, 0.3) is 0 Å². The molecule has 2 aliphatic rings. The van der Waals surface area contributed by atoms with Crippen molar-refractivity contribution in [3.8, 4) is 0 Å². The maximum atomic E-state index is 5.53. The molecule has 3 heterocycles. The van der Waals surface area contributed by atoms with Crippen LogP contribution in [0, 0.1) is 6.92 Å². The Hall–Kier alpha value is -2.02. The molecule has 1 saturated carbocycles. The molecule has 0 atom stereocenters. The maximum absolute atomic E-state index is 5.53. The van der Waals surface area contributed by atoms with Gasteiger partial charge >= 0.3 is 0 Å². The van der Waals surface area contributed by atoms with E-state index in [1.165, 1.54) is 32.1 Å². The number of rotatable bonds is 4. The zero-order valence-corrected chi connectivity index (χ0v) is 14.9. The number of piperazine rings is 1. The van der Waals surface area contributed by atoms with Gasteiger partial charge in [-0.05, 0) is 25.8 Å². The van der Waals surface area contributed by atoms with E-state index < -0.39 is 0 Å². The fourth-order valence-electron chi connectivity index (χ4n) is 3.80. The van der Waals surface area contributed by atoms with Gasteiger partial charge in [-0.25, -0.2) is 9.97 Å². The fourth-order valence-corrected chi connectivity index (χ4v) is 3.80. The van der Waals surface area contributed by atoms with Gasteiger partial charge in [0.1, 0.15) is 11.6 Å². The number of aryl methyl sites for hydroxylation is 1. The van der Waals surface area contributed by atoms with Crippen molar-refractivity contribution >= 4 is 5.82 Å². The first kappa shape index (κ1) is 16.4. The quantitative estimate of drug-likeness (QED) is 0.845. The third-order valence-corrected chi connectivity index (χ3v) is 5.26. The summed E-state index contributed by atoms with van der Waals surface area (Å²) in [6.45, 7) is 6.59. The molecule has 1 aliphatic carbocycles. The lowest BCUT2D eigenvalue weighted by atomic mass is 9.89. The van der Waals surface area contributed by atoms with Gasteiger partial charge in [0.15, 0.2) is 5.82 Å². The molecule has 2 aromatic rings. The number of anilines is 1. The molecule has 1 saturated heterocycles. The first-order valence-electron chi connectivity index (χ1n) is 9.37. The minimum atomic E-state index is 0.479. The Morgan fingerprint density at radius 2 is 1.88 bits per heavy atom. The molecule has 0 radical (unpaired) electrons. The minimum absolute atomic E-state index is 0.479. The van der Waals surface area contributed by atoms with E-state index in [1.54, 1.807) is 0 Å². The highest BCUT2D eigenvalue weighted by Gasteiger charge is 2.23. The Labute approximate surface area is 148 Å². The Bertz CT molecular complexity index is 688. The van der Waals surface area contributed by atoms with Crippen molar-refractivity contribution in [3.05, 3.63) is 29.8 Å². The van der Waals surface area contributed by atoms with Crippen LogP contribution in [0.1, 0.15) is 55.6 Å². The Balaban J connectivity index is 1.30. The summed E-state index contributed by atoms with van der Waals surface area (Å²) >= 11 is 0. The zero-order chi connectivity index (χ0) is 17.1. The van der Waals surface area contributed by atoms with E-state index in [9.17, 15) is 0 Å². The van der Waals surface area contributed by atoms with Crippen LogP contribution >= 0.6 is 0 Å². The van der Waals surface area contributed by atoms with Crippen LogP contribution in [0.3, 0.4) is 0 Å². The lowest BCUT2D eigenvalue weighted by Gasteiger charge is -2.34. The van der Waals surface area contributed by atoms with Gasteiger partial charge in [-0.2, -0.15) is 4.98 Å². The number of hydrogen-bond acceptors (Lipinski definition) is 7. The van der Waals surface area contributed by atoms with Crippen LogP contribution in [0.15, 0.2) is 16.8 Å². The largest absolute Gasteiger partial charge is 0.354 e. The summed E-state index contributed by atoms with van der Waals surface area (Å²) in [5.74, 6) is 4.00. The second-order valence-corrected chi connectivity index (χ2v) is 7.11. The standard InChI is InChI=1S/C18H26N6O/c1-14-19-8-7-17(20-14)24-11-9-23(10-12-24)13-16-21-18(25-22-16)15-5-3-2-4-6-15/h7-8,15H,2-6,9-13H2,1H3.